The number of para-hydroxylation sites is 2. The van der Waals surface area contributed by atoms with E-state index in [9.17, 15) is 9.59 Å². The molecule has 3 amide bonds. The Hall–Kier alpha value is -2.74. The summed E-state index contributed by atoms with van der Waals surface area (Å²) in [6, 6.07) is 11.2. The minimum absolute atomic E-state index is 0.0743. The molecule has 7 nitrogen and oxygen atoms in total. The van der Waals surface area contributed by atoms with Gasteiger partial charge >= 0.3 is 6.03 Å². The van der Waals surface area contributed by atoms with Crippen molar-refractivity contribution in [2.45, 2.75) is 32.6 Å². The van der Waals surface area contributed by atoms with Gasteiger partial charge in [-0.1, -0.05) is 12.1 Å². The first-order valence-electron chi connectivity index (χ1n) is 11.2. The highest BCUT2D eigenvalue weighted by molar-refractivity contribution is 7.99. The van der Waals surface area contributed by atoms with E-state index in [1.807, 2.05) is 60.0 Å². The molecule has 0 spiro atoms. The van der Waals surface area contributed by atoms with E-state index < -0.39 is 0 Å². The number of hydrogen-bond acceptors (Lipinski definition) is 5. The molecule has 1 aromatic heterocycles. The number of pyridine rings is 1. The molecule has 2 aromatic rings. The van der Waals surface area contributed by atoms with Gasteiger partial charge in [-0.25, -0.2) is 4.79 Å². The van der Waals surface area contributed by atoms with Gasteiger partial charge in [0, 0.05) is 37.0 Å². The Balaban J connectivity index is 1.42. The fourth-order valence-electron chi connectivity index (χ4n) is 4.21. The average molecular weight is 455 g/mol. The highest BCUT2D eigenvalue weighted by Crippen LogP contribution is 2.31. The van der Waals surface area contributed by atoms with Gasteiger partial charge in [-0.15, -0.1) is 11.8 Å². The van der Waals surface area contributed by atoms with Gasteiger partial charge in [-0.2, -0.15) is 0 Å². The molecule has 2 saturated heterocycles. The zero-order valence-corrected chi connectivity index (χ0v) is 19.5. The number of nitrogens with one attached hydrogen (secondary N) is 1. The number of carbonyl (C=O) groups is 2. The van der Waals surface area contributed by atoms with Crippen molar-refractivity contribution >= 4 is 29.4 Å². The van der Waals surface area contributed by atoms with Crippen molar-refractivity contribution in [2.75, 3.05) is 43.2 Å². The van der Waals surface area contributed by atoms with Crippen LogP contribution in [0.5, 0.6) is 5.75 Å². The van der Waals surface area contributed by atoms with Crippen LogP contribution in [0.2, 0.25) is 0 Å². The number of ether oxygens (including phenoxy) is 1. The molecule has 2 fully saturated rings. The van der Waals surface area contributed by atoms with Gasteiger partial charge in [0.1, 0.15) is 5.75 Å². The number of hydrogen-bond donors (Lipinski definition) is 1. The maximum absolute atomic E-state index is 13.1. The summed E-state index contributed by atoms with van der Waals surface area (Å²) in [7, 11) is 0. The minimum atomic E-state index is -0.127. The summed E-state index contributed by atoms with van der Waals surface area (Å²) in [5.41, 5.74) is 3.19. The zero-order chi connectivity index (χ0) is 22.5. The highest BCUT2D eigenvalue weighted by Gasteiger charge is 2.30. The fourth-order valence-corrected chi connectivity index (χ4v) is 5.16. The number of anilines is 1. The van der Waals surface area contributed by atoms with Crippen LogP contribution in [0.3, 0.4) is 0 Å². The van der Waals surface area contributed by atoms with Gasteiger partial charge in [0.25, 0.3) is 5.91 Å². The molecule has 0 atom stereocenters. The number of rotatable bonds is 5. The van der Waals surface area contributed by atoms with Crippen LogP contribution in [0.1, 0.15) is 47.4 Å². The molecule has 2 aliphatic heterocycles. The molecule has 32 heavy (non-hydrogen) atoms. The first-order chi connectivity index (χ1) is 15.6. The molecule has 4 rings (SSSR count). The smallest absolute Gasteiger partial charge is 0.321 e. The summed E-state index contributed by atoms with van der Waals surface area (Å²) in [6.07, 6.45) is 1.57. The first kappa shape index (κ1) is 22.5. The van der Waals surface area contributed by atoms with Crippen LogP contribution in [0, 0.1) is 6.92 Å². The van der Waals surface area contributed by atoms with Crippen LogP contribution in [0.4, 0.5) is 10.5 Å². The summed E-state index contributed by atoms with van der Waals surface area (Å²) in [5.74, 6) is 2.65. The predicted octanol–water partition coefficient (Wildman–Crippen LogP) is 4.35. The lowest BCUT2D eigenvalue weighted by molar-refractivity contribution is 0.0799. The number of thioether (sulfide) groups is 1. The molecule has 2 aliphatic rings. The third-order valence-electron chi connectivity index (χ3n) is 5.93. The molecule has 1 N–H and O–H groups in total. The van der Waals surface area contributed by atoms with Gasteiger partial charge in [0.15, 0.2) is 0 Å². The number of carbonyl (C=O) groups excluding carboxylic acids is 2. The van der Waals surface area contributed by atoms with E-state index in [2.05, 4.69) is 5.32 Å². The van der Waals surface area contributed by atoms with Crippen molar-refractivity contribution in [3.8, 4) is 5.75 Å². The number of amides is 3. The number of nitrogens with zero attached hydrogens (tertiary/aromatic N) is 3. The second-order valence-corrected chi connectivity index (χ2v) is 9.19. The molecular formula is C24H30N4O3S. The van der Waals surface area contributed by atoms with E-state index in [0.717, 1.165) is 42.4 Å². The van der Waals surface area contributed by atoms with Gasteiger partial charge in [0.05, 0.1) is 29.4 Å². The lowest BCUT2D eigenvalue weighted by Crippen LogP contribution is -2.41. The van der Waals surface area contributed by atoms with Crippen LogP contribution in [0.25, 0.3) is 0 Å². The summed E-state index contributed by atoms with van der Waals surface area (Å²) in [6.45, 7) is 6.45. The zero-order valence-electron chi connectivity index (χ0n) is 18.7. The molecule has 1 aromatic carbocycles. The van der Waals surface area contributed by atoms with E-state index in [-0.39, 0.29) is 17.9 Å². The molecule has 8 heteroatoms. The molecule has 170 valence electrons. The van der Waals surface area contributed by atoms with Crippen molar-refractivity contribution in [3.63, 3.8) is 0 Å². The van der Waals surface area contributed by atoms with Crippen LogP contribution in [-0.2, 0) is 0 Å². The molecule has 0 saturated carbocycles. The van der Waals surface area contributed by atoms with Gasteiger partial charge in [-0.3, -0.25) is 9.78 Å². The molecule has 0 aliphatic carbocycles. The maximum Gasteiger partial charge on any atom is 0.321 e. The van der Waals surface area contributed by atoms with Crippen molar-refractivity contribution < 1.29 is 14.3 Å². The predicted molar refractivity (Wildman–Crippen MR) is 128 cm³/mol. The Bertz CT molecular complexity index is 969. The first-order valence-corrected chi connectivity index (χ1v) is 12.3. The van der Waals surface area contributed by atoms with Gasteiger partial charge in [0.2, 0.25) is 0 Å². The normalized spacial score (nSPS) is 16.8. The maximum atomic E-state index is 13.1. The minimum Gasteiger partial charge on any atom is -0.492 e. The second kappa shape index (κ2) is 10.3. The summed E-state index contributed by atoms with van der Waals surface area (Å²) >= 11 is 1.78. The topological polar surface area (TPSA) is 74.8 Å². The molecular weight excluding hydrogens is 424 g/mol. The SMILES string of the molecule is CCOc1ccccc1NC(=O)N1CCC(c2nc(C)ccc2C(=O)N2CCSC2)CC1. The fraction of sp³-hybridized carbons (Fsp3) is 0.458. The largest absolute Gasteiger partial charge is 0.492 e. The van der Waals surface area contributed by atoms with Crippen LogP contribution in [-0.4, -0.2) is 64.6 Å². The third-order valence-corrected chi connectivity index (χ3v) is 6.90. The second-order valence-electron chi connectivity index (χ2n) is 8.11. The van der Waals surface area contributed by atoms with Crippen molar-refractivity contribution in [1.29, 1.82) is 0 Å². The van der Waals surface area contributed by atoms with E-state index in [1.165, 1.54) is 0 Å². The number of aryl methyl sites for hydroxylation is 1. The Kier molecular flexibility index (Phi) is 7.19. The van der Waals surface area contributed by atoms with Gasteiger partial charge in [-0.05, 0) is 51.0 Å². The van der Waals surface area contributed by atoms with Crippen molar-refractivity contribution in [2.24, 2.45) is 0 Å². The number of aromatic nitrogens is 1. The number of likely N-dealkylation sites (tertiary alicyclic amines) is 1. The molecule has 3 heterocycles. The summed E-state index contributed by atoms with van der Waals surface area (Å²) < 4.78 is 5.61. The van der Waals surface area contributed by atoms with Crippen LogP contribution >= 0.6 is 11.8 Å². The van der Waals surface area contributed by atoms with Crippen molar-refractivity contribution in [1.82, 2.24) is 14.8 Å². The number of urea groups is 1. The van der Waals surface area contributed by atoms with Gasteiger partial charge < -0.3 is 19.9 Å². The number of piperidine rings is 1. The van der Waals surface area contributed by atoms with E-state index in [4.69, 9.17) is 9.72 Å². The van der Waals surface area contributed by atoms with E-state index in [0.29, 0.717) is 36.7 Å². The Morgan fingerprint density at radius 2 is 1.91 bits per heavy atom. The van der Waals surface area contributed by atoms with E-state index >= 15 is 0 Å². The molecule has 0 unspecified atom stereocenters. The average Bonchev–Trinajstić information content (AvgIpc) is 3.35. The van der Waals surface area contributed by atoms with Crippen LogP contribution in [0.15, 0.2) is 36.4 Å². The van der Waals surface area contributed by atoms with Crippen LogP contribution < -0.4 is 10.1 Å². The summed E-state index contributed by atoms with van der Waals surface area (Å²) in [5, 5.41) is 2.98. The standard InChI is InChI=1S/C24H30N4O3S/c1-3-31-21-7-5-4-6-20(21)26-24(30)27-12-10-18(11-13-27)22-19(9-8-17(2)25-22)23(29)28-14-15-32-16-28/h4-9,18H,3,10-16H2,1-2H3,(H,26,30). The highest BCUT2D eigenvalue weighted by atomic mass is 32.2. The molecule has 0 bridgehead atoms. The Labute approximate surface area is 193 Å². The third kappa shape index (κ3) is 5.01. The Morgan fingerprint density at radius 3 is 2.62 bits per heavy atom. The van der Waals surface area contributed by atoms with E-state index in [1.54, 1.807) is 11.8 Å². The number of benzene rings is 1. The monoisotopic (exact) mass is 454 g/mol. The van der Waals surface area contributed by atoms with Crippen molar-refractivity contribution in [3.05, 3.63) is 53.3 Å². The lowest BCUT2D eigenvalue weighted by atomic mass is 9.90. The Morgan fingerprint density at radius 1 is 1.12 bits per heavy atom. The summed E-state index contributed by atoms with van der Waals surface area (Å²) in [4.78, 5) is 34.4. The quantitative estimate of drug-likeness (QED) is 0.727. The molecule has 0 radical (unpaired) electrons. The lowest BCUT2D eigenvalue weighted by Gasteiger charge is -2.33.